The molecule has 2 aliphatic heterocycles. The molecule has 2 aliphatic rings. The van der Waals surface area contributed by atoms with Gasteiger partial charge in [-0.1, -0.05) is 0 Å². The van der Waals surface area contributed by atoms with E-state index in [0.29, 0.717) is 6.04 Å². The minimum atomic E-state index is 0.658. The first-order chi connectivity index (χ1) is 9.24. The number of aryl methyl sites for hydroxylation is 1. The van der Waals surface area contributed by atoms with Crippen LogP contribution in [-0.2, 0) is 6.42 Å². The summed E-state index contributed by atoms with van der Waals surface area (Å²) >= 11 is 0. The highest BCUT2D eigenvalue weighted by Crippen LogP contribution is 2.29. The number of benzene rings is 1. The zero-order valence-electron chi connectivity index (χ0n) is 11.9. The molecule has 0 bridgehead atoms. The van der Waals surface area contributed by atoms with E-state index in [4.69, 9.17) is 5.73 Å². The monoisotopic (exact) mass is 259 g/mol. The fourth-order valence-corrected chi connectivity index (χ4v) is 3.50. The van der Waals surface area contributed by atoms with Crippen molar-refractivity contribution < 1.29 is 0 Å². The van der Waals surface area contributed by atoms with Crippen LogP contribution < -0.4 is 10.6 Å². The lowest BCUT2D eigenvalue weighted by atomic mass is 10.0. The van der Waals surface area contributed by atoms with Gasteiger partial charge in [0, 0.05) is 30.5 Å². The van der Waals surface area contributed by atoms with Crippen LogP contribution in [0.25, 0.3) is 0 Å². The molecule has 0 spiro atoms. The van der Waals surface area contributed by atoms with Gasteiger partial charge in [-0.05, 0) is 69.5 Å². The van der Waals surface area contributed by atoms with Gasteiger partial charge in [-0.15, -0.1) is 0 Å². The minimum Gasteiger partial charge on any atom is -0.399 e. The van der Waals surface area contributed by atoms with Crippen molar-refractivity contribution in [1.82, 2.24) is 4.90 Å². The van der Waals surface area contributed by atoms with E-state index < -0.39 is 0 Å². The first kappa shape index (κ1) is 12.8. The van der Waals surface area contributed by atoms with Crippen LogP contribution in [0.1, 0.15) is 31.7 Å². The van der Waals surface area contributed by atoms with E-state index in [1.807, 2.05) is 6.07 Å². The molecular formula is C16H25N3. The van der Waals surface area contributed by atoms with E-state index in [-0.39, 0.29) is 0 Å². The number of fused-ring (bicyclic) bond motifs is 1. The second-order valence-electron chi connectivity index (χ2n) is 6.03. The van der Waals surface area contributed by atoms with Gasteiger partial charge in [-0.25, -0.2) is 0 Å². The van der Waals surface area contributed by atoms with Crippen LogP contribution in [0, 0.1) is 0 Å². The normalized spacial score (nSPS) is 21.4. The molecule has 3 rings (SSSR count). The Morgan fingerprint density at radius 1 is 1.16 bits per heavy atom. The number of nitrogens with zero attached hydrogens (tertiary/aromatic N) is 2. The summed E-state index contributed by atoms with van der Waals surface area (Å²) in [5.41, 5.74) is 9.64. The van der Waals surface area contributed by atoms with Crippen molar-refractivity contribution in [3.63, 3.8) is 0 Å². The molecule has 1 aromatic carbocycles. The third-order valence-corrected chi connectivity index (χ3v) is 4.57. The summed E-state index contributed by atoms with van der Waals surface area (Å²) in [7, 11) is 0. The third-order valence-electron chi connectivity index (χ3n) is 4.57. The van der Waals surface area contributed by atoms with E-state index in [1.54, 1.807) is 0 Å². The van der Waals surface area contributed by atoms with Crippen LogP contribution >= 0.6 is 0 Å². The Bertz CT molecular complexity index is 438. The fraction of sp³-hybridized carbons (Fsp3) is 0.625. The number of likely N-dealkylation sites (tertiary alicyclic amines) is 1. The van der Waals surface area contributed by atoms with E-state index in [2.05, 4.69) is 28.9 Å². The number of nitrogens with two attached hydrogens (primary N) is 1. The van der Waals surface area contributed by atoms with Crippen molar-refractivity contribution >= 4 is 11.4 Å². The smallest absolute Gasteiger partial charge is 0.0400 e. The van der Waals surface area contributed by atoms with Gasteiger partial charge in [0.25, 0.3) is 0 Å². The lowest BCUT2D eigenvalue weighted by Crippen LogP contribution is -2.42. The van der Waals surface area contributed by atoms with Gasteiger partial charge in [0.1, 0.15) is 0 Å². The van der Waals surface area contributed by atoms with Crippen LogP contribution in [0.2, 0.25) is 0 Å². The molecule has 0 unspecified atom stereocenters. The molecule has 0 saturated carbocycles. The maximum absolute atomic E-state index is 5.90. The lowest BCUT2D eigenvalue weighted by Gasteiger charge is -2.36. The SMILES string of the molecule is C[C@H](CN1CCCc2cc(N)ccc21)N1CCCC1. The molecule has 0 amide bonds. The Labute approximate surface area is 116 Å². The summed E-state index contributed by atoms with van der Waals surface area (Å²) in [6.07, 6.45) is 5.17. The van der Waals surface area contributed by atoms with E-state index in [9.17, 15) is 0 Å². The average Bonchev–Trinajstić information content (AvgIpc) is 2.92. The Balaban J connectivity index is 1.72. The number of hydrogen-bond donors (Lipinski definition) is 1. The Morgan fingerprint density at radius 2 is 1.95 bits per heavy atom. The standard InChI is InChI=1S/C16H25N3/c1-13(18-8-2-3-9-18)12-19-10-4-5-14-11-15(17)6-7-16(14)19/h6-7,11,13H,2-5,8-10,12,17H2,1H3/t13-/m1/s1. The first-order valence-corrected chi connectivity index (χ1v) is 7.61. The zero-order valence-corrected chi connectivity index (χ0v) is 11.9. The van der Waals surface area contributed by atoms with Crippen LogP contribution in [0.5, 0.6) is 0 Å². The van der Waals surface area contributed by atoms with Gasteiger partial charge in [0.2, 0.25) is 0 Å². The summed E-state index contributed by atoms with van der Waals surface area (Å²) in [6.45, 7) is 7.27. The quantitative estimate of drug-likeness (QED) is 0.847. The second kappa shape index (κ2) is 5.41. The number of anilines is 2. The minimum absolute atomic E-state index is 0.658. The van der Waals surface area contributed by atoms with Crippen LogP contribution in [0.3, 0.4) is 0 Å². The van der Waals surface area contributed by atoms with Crippen molar-refractivity contribution in [3.05, 3.63) is 23.8 Å². The summed E-state index contributed by atoms with van der Waals surface area (Å²) in [5, 5.41) is 0. The average molecular weight is 259 g/mol. The van der Waals surface area contributed by atoms with Gasteiger partial charge in [-0.3, -0.25) is 4.90 Å². The summed E-state index contributed by atoms with van der Waals surface area (Å²) in [4.78, 5) is 5.19. The molecule has 1 atom stereocenters. The number of hydrogen-bond acceptors (Lipinski definition) is 3. The van der Waals surface area contributed by atoms with E-state index in [1.165, 1.54) is 56.6 Å². The van der Waals surface area contributed by atoms with Gasteiger partial charge in [0.05, 0.1) is 0 Å². The number of nitrogen functional groups attached to an aromatic ring is 1. The van der Waals surface area contributed by atoms with Gasteiger partial charge in [-0.2, -0.15) is 0 Å². The summed E-state index contributed by atoms with van der Waals surface area (Å²) < 4.78 is 0. The summed E-state index contributed by atoms with van der Waals surface area (Å²) in [5.74, 6) is 0. The molecule has 3 nitrogen and oxygen atoms in total. The molecule has 1 fully saturated rings. The molecule has 104 valence electrons. The highest BCUT2D eigenvalue weighted by atomic mass is 15.2. The van der Waals surface area contributed by atoms with Crippen molar-refractivity contribution in [2.45, 2.75) is 38.6 Å². The second-order valence-corrected chi connectivity index (χ2v) is 6.03. The topological polar surface area (TPSA) is 32.5 Å². The maximum atomic E-state index is 5.90. The largest absolute Gasteiger partial charge is 0.399 e. The molecular weight excluding hydrogens is 234 g/mol. The van der Waals surface area contributed by atoms with Crippen molar-refractivity contribution in [2.24, 2.45) is 0 Å². The van der Waals surface area contributed by atoms with Crippen molar-refractivity contribution in [1.29, 1.82) is 0 Å². The molecule has 0 aliphatic carbocycles. The van der Waals surface area contributed by atoms with E-state index >= 15 is 0 Å². The number of rotatable bonds is 3. The zero-order chi connectivity index (χ0) is 13.2. The van der Waals surface area contributed by atoms with Crippen molar-refractivity contribution in [3.8, 4) is 0 Å². The van der Waals surface area contributed by atoms with Gasteiger partial charge >= 0.3 is 0 Å². The molecule has 19 heavy (non-hydrogen) atoms. The predicted octanol–water partition coefficient (Wildman–Crippen LogP) is 2.51. The van der Waals surface area contributed by atoms with E-state index in [0.717, 1.165) is 12.2 Å². The molecule has 0 radical (unpaired) electrons. The van der Waals surface area contributed by atoms with Crippen LogP contribution in [0.15, 0.2) is 18.2 Å². The molecule has 2 heterocycles. The van der Waals surface area contributed by atoms with Crippen molar-refractivity contribution in [2.75, 3.05) is 36.8 Å². The molecule has 3 heteroatoms. The van der Waals surface area contributed by atoms with Gasteiger partial charge in [0.15, 0.2) is 0 Å². The Hall–Kier alpha value is -1.22. The van der Waals surface area contributed by atoms with Crippen LogP contribution in [-0.4, -0.2) is 37.1 Å². The van der Waals surface area contributed by atoms with Gasteiger partial charge < -0.3 is 10.6 Å². The maximum Gasteiger partial charge on any atom is 0.0400 e. The molecule has 1 aromatic rings. The van der Waals surface area contributed by atoms with Crippen LogP contribution in [0.4, 0.5) is 11.4 Å². The molecule has 1 saturated heterocycles. The fourth-order valence-electron chi connectivity index (χ4n) is 3.50. The Morgan fingerprint density at radius 3 is 2.74 bits per heavy atom. The lowest BCUT2D eigenvalue weighted by molar-refractivity contribution is 0.260. The highest BCUT2D eigenvalue weighted by molar-refractivity contribution is 5.61. The summed E-state index contributed by atoms with van der Waals surface area (Å²) in [6, 6.07) is 7.06. The molecule has 0 aromatic heterocycles. The third kappa shape index (κ3) is 2.71. The highest BCUT2D eigenvalue weighted by Gasteiger charge is 2.23. The first-order valence-electron chi connectivity index (χ1n) is 7.61. The Kier molecular flexibility index (Phi) is 3.65. The predicted molar refractivity (Wildman–Crippen MR) is 81.7 cm³/mol. The molecule has 2 N–H and O–H groups in total.